The van der Waals surface area contributed by atoms with E-state index in [9.17, 15) is 19.3 Å². The number of nitro benzene ring substituents is 1. The van der Waals surface area contributed by atoms with E-state index in [-0.39, 0.29) is 23.2 Å². The number of nitrogens with one attached hydrogen (secondary N) is 1. The number of nitrogens with zero attached hydrogens (tertiary/aromatic N) is 1. The van der Waals surface area contributed by atoms with Gasteiger partial charge in [-0.15, -0.1) is 0 Å². The lowest BCUT2D eigenvalue weighted by Gasteiger charge is -2.07. The first-order chi connectivity index (χ1) is 8.45. The second-order valence-electron chi connectivity index (χ2n) is 3.16. The summed E-state index contributed by atoms with van der Waals surface area (Å²) in [7, 11) is 0. The highest BCUT2D eigenvalue weighted by molar-refractivity contribution is 9.10. The average Bonchev–Trinajstić information content (AvgIpc) is 2.32. The Morgan fingerprint density at radius 2 is 2.28 bits per heavy atom. The first kappa shape index (κ1) is 14.3. The van der Waals surface area contributed by atoms with E-state index in [0.717, 1.165) is 12.1 Å². The van der Waals surface area contributed by atoms with Crippen molar-refractivity contribution in [3.8, 4) is 5.75 Å². The zero-order valence-corrected chi connectivity index (χ0v) is 10.6. The Morgan fingerprint density at radius 1 is 1.61 bits per heavy atom. The minimum Gasteiger partial charge on any atom is -0.486 e. The number of halogens is 2. The highest BCUT2D eigenvalue weighted by atomic mass is 79.9. The van der Waals surface area contributed by atoms with Crippen LogP contribution in [-0.4, -0.2) is 17.4 Å². The Hall–Kier alpha value is -1.74. The molecule has 0 aliphatic rings. The molecule has 1 aromatic rings. The van der Waals surface area contributed by atoms with Crippen LogP contribution in [0.5, 0.6) is 5.75 Å². The molecule has 18 heavy (non-hydrogen) atoms. The lowest BCUT2D eigenvalue weighted by molar-refractivity contribution is -0.386. The molecule has 98 valence electrons. The molecule has 0 aliphatic heterocycles. The van der Waals surface area contributed by atoms with E-state index < -0.39 is 22.3 Å². The molecule has 0 fully saturated rings. The molecule has 0 saturated heterocycles. The van der Waals surface area contributed by atoms with Crippen molar-refractivity contribution < 1.29 is 18.8 Å². The normalized spacial score (nSPS) is 9.94. The number of hydrazine groups is 1. The van der Waals surface area contributed by atoms with Gasteiger partial charge in [-0.05, 0) is 15.9 Å². The van der Waals surface area contributed by atoms with Crippen LogP contribution < -0.4 is 16.0 Å². The van der Waals surface area contributed by atoms with Gasteiger partial charge in [0.25, 0.3) is 0 Å². The van der Waals surface area contributed by atoms with E-state index in [4.69, 9.17) is 10.6 Å². The monoisotopic (exact) mass is 321 g/mol. The Morgan fingerprint density at radius 3 is 2.83 bits per heavy atom. The minimum absolute atomic E-state index is 0.0405. The number of nitro groups is 1. The van der Waals surface area contributed by atoms with Crippen LogP contribution in [0.2, 0.25) is 0 Å². The zero-order chi connectivity index (χ0) is 13.7. The van der Waals surface area contributed by atoms with Crippen molar-refractivity contribution in [2.24, 2.45) is 5.84 Å². The second-order valence-corrected chi connectivity index (χ2v) is 4.01. The maximum atomic E-state index is 13.2. The van der Waals surface area contributed by atoms with Crippen LogP contribution in [0.3, 0.4) is 0 Å². The molecule has 1 aromatic carbocycles. The fourth-order valence-electron chi connectivity index (χ4n) is 1.10. The number of rotatable bonds is 5. The van der Waals surface area contributed by atoms with Gasteiger partial charge in [0.1, 0.15) is 5.82 Å². The molecule has 0 unspecified atom stereocenters. The summed E-state index contributed by atoms with van der Waals surface area (Å²) in [6.45, 7) is -0.148. The summed E-state index contributed by atoms with van der Waals surface area (Å²) in [4.78, 5) is 20.8. The van der Waals surface area contributed by atoms with Gasteiger partial charge < -0.3 is 4.74 Å². The van der Waals surface area contributed by atoms with Crippen LogP contribution in [0.1, 0.15) is 6.42 Å². The molecular weight excluding hydrogens is 313 g/mol. The molecule has 0 aromatic heterocycles. The van der Waals surface area contributed by atoms with Crippen LogP contribution >= 0.6 is 15.9 Å². The molecule has 0 spiro atoms. The van der Waals surface area contributed by atoms with Crippen molar-refractivity contribution in [1.29, 1.82) is 0 Å². The number of carbonyl (C=O) groups excluding carboxylic acids is 1. The second kappa shape index (κ2) is 6.26. The van der Waals surface area contributed by atoms with Crippen molar-refractivity contribution in [3.63, 3.8) is 0 Å². The van der Waals surface area contributed by atoms with E-state index in [0.29, 0.717) is 0 Å². The molecule has 1 amide bonds. The molecule has 0 radical (unpaired) electrons. The number of hydrogen-bond donors (Lipinski definition) is 2. The Bertz CT molecular complexity index is 483. The fraction of sp³-hybridized carbons (Fsp3) is 0.222. The quantitative estimate of drug-likeness (QED) is 0.367. The van der Waals surface area contributed by atoms with Gasteiger partial charge in [-0.25, -0.2) is 10.2 Å². The Kier molecular flexibility index (Phi) is 4.98. The molecule has 0 saturated carbocycles. The first-order valence-corrected chi connectivity index (χ1v) is 5.50. The van der Waals surface area contributed by atoms with Crippen LogP contribution in [0.4, 0.5) is 10.1 Å². The van der Waals surface area contributed by atoms with Gasteiger partial charge in [0.2, 0.25) is 5.91 Å². The summed E-state index contributed by atoms with van der Waals surface area (Å²) in [5.74, 6) is 3.41. The summed E-state index contributed by atoms with van der Waals surface area (Å²) in [5, 5.41) is 10.7. The van der Waals surface area contributed by atoms with Crippen LogP contribution in [0.25, 0.3) is 0 Å². The molecule has 0 bridgehead atoms. The summed E-state index contributed by atoms with van der Waals surface area (Å²) >= 11 is 2.84. The van der Waals surface area contributed by atoms with E-state index in [1.54, 1.807) is 0 Å². The molecule has 7 nitrogen and oxygen atoms in total. The fourth-order valence-corrected chi connectivity index (χ4v) is 1.43. The lowest BCUT2D eigenvalue weighted by Crippen LogP contribution is -2.31. The van der Waals surface area contributed by atoms with E-state index >= 15 is 0 Å². The van der Waals surface area contributed by atoms with Crippen molar-refractivity contribution in [2.45, 2.75) is 6.42 Å². The zero-order valence-electron chi connectivity index (χ0n) is 8.98. The minimum atomic E-state index is -0.706. The molecule has 0 heterocycles. The summed E-state index contributed by atoms with van der Waals surface area (Å²) in [5.41, 5.74) is 1.48. The van der Waals surface area contributed by atoms with Crippen LogP contribution in [-0.2, 0) is 4.79 Å². The number of hydrogen-bond acceptors (Lipinski definition) is 5. The van der Waals surface area contributed by atoms with E-state index in [2.05, 4.69) is 15.9 Å². The van der Waals surface area contributed by atoms with E-state index in [1.165, 1.54) is 0 Å². The smallest absolute Gasteiger partial charge is 0.312 e. The number of nitrogens with two attached hydrogens (primary N) is 1. The van der Waals surface area contributed by atoms with Gasteiger partial charge >= 0.3 is 5.69 Å². The lowest BCUT2D eigenvalue weighted by atomic mass is 10.3. The average molecular weight is 322 g/mol. The van der Waals surface area contributed by atoms with Crippen molar-refractivity contribution >= 4 is 27.5 Å². The number of carbonyl (C=O) groups is 1. The van der Waals surface area contributed by atoms with Crippen molar-refractivity contribution in [3.05, 3.63) is 32.5 Å². The molecule has 0 aliphatic carbocycles. The SMILES string of the molecule is NNC(=O)CCOc1cc(F)c(Br)cc1[N+](=O)[O-]. The van der Waals surface area contributed by atoms with Gasteiger partial charge in [-0.3, -0.25) is 20.3 Å². The van der Waals surface area contributed by atoms with Crippen molar-refractivity contribution in [2.75, 3.05) is 6.61 Å². The highest BCUT2D eigenvalue weighted by Crippen LogP contribution is 2.32. The molecule has 1 rings (SSSR count). The van der Waals surface area contributed by atoms with E-state index in [1.807, 2.05) is 5.43 Å². The molecule has 3 N–H and O–H groups in total. The summed E-state index contributed by atoms with van der Waals surface area (Å²) in [6.07, 6.45) is -0.0919. The third kappa shape index (κ3) is 3.64. The Balaban J connectivity index is 2.83. The largest absolute Gasteiger partial charge is 0.486 e. The number of ether oxygens (including phenoxy) is 1. The summed E-state index contributed by atoms with van der Waals surface area (Å²) in [6, 6.07) is 1.87. The van der Waals surface area contributed by atoms with Gasteiger partial charge in [0.05, 0.1) is 22.4 Å². The molecular formula is C9H9BrFN3O4. The van der Waals surface area contributed by atoms with Gasteiger partial charge in [0, 0.05) is 12.1 Å². The molecule has 0 atom stereocenters. The van der Waals surface area contributed by atoms with Gasteiger partial charge in [0.15, 0.2) is 5.75 Å². The maximum Gasteiger partial charge on any atom is 0.312 e. The Labute approximate surface area is 109 Å². The van der Waals surface area contributed by atoms with Gasteiger partial charge in [-0.1, -0.05) is 0 Å². The first-order valence-electron chi connectivity index (χ1n) is 4.71. The third-order valence-corrected chi connectivity index (χ3v) is 2.55. The number of benzene rings is 1. The predicted octanol–water partition coefficient (Wildman–Crippen LogP) is 1.26. The highest BCUT2D eigenvalue weighted by Gasteiger charge is 2.19. The standard InChI is InChI=1S/C9H9BrFN3O4/c10-5-3-7(14(16)17)8(4-6(5)11)18-2-1-9(15)13-12/h3-4H,1-2,12H2,(H,13,15). The number of amides is 1. The summed E-state index contributed by atoms with van der Waals surface area (Å²) < 4.78 is 18.2. The van der Waals surface area contributed by atoms with Crippen LogP contribution in [0.15, 0.2) is 16.6 Å². The molecule has 9 heteroatoms. The topological polar surface area (TPSA) is 107 Å². The van der Waals surface area contributed by atoms with Crippen LogP contribution in [0, 0.1) is 15.9 Å². The maximum absolute atomic E-state index is 13.2. The predicted molar refractivity (Wildman–Crippen MR) is 63.2 cm³/mol. The van der Waals surface area contributed by atoms with Crippen molar-refractivity contribution in [1.82, 2.24) is 5.43 Å². The van der Waals surface area contributed by atoms with Gasteiger partial charge in [-0.2, -0.15) is 0 Å². The third-order valence-electron chi connectivity index (χ3n) is 1.95.